The molecule has 0 bridgehead atoms. The molecule has 2 aromatic rings. The molecule has 0 saturated carbocycles. The van der Waals surface area contributed by atoms with Crippen LogP contribution < -0.4 is 5.69 Å². The first-order valence-corrected chi connectivity index (χ1v) is 8.94. The highest BCUT2D eigenvalue weighted by Crippen LogP contribution is 2.32. The lowest BCUT2D eigenvalue weighted by Crippen LogP contribution is -2.26. The number of hydrogen-bond donors (Lipinski definition) is 0. The van der Waals surface area contributed by atoms with Crippen molar-refractivity contribution in [3.63, 3.8) is 0 Å². The molecule has 24 heavy (non-hydrogen) atoms. The van der Waals surface area contributed by atoms with Gasteiger partial charge >= 0.3 is 5.69 Å². The minimum absolute atomic E-state index is 0.0925. The van der Waals surface area contributed by atoms with Gasteiger partial charge in [0.05, 0.1) is 6.54 Å². The fraction of sp³-hybridized carbons (Fsp3) is 0.706. The van der Waals surface area contributed by atoms with E-state index in [1.54, 1.807) is 4.57 Å². The Balaban J connectivity index is 1.67. The summed E-state index contributed by atoms with van der Waals surface area (Å²) >= 11 is 0. The normalized spacial score (nSPS) is 23.6. The van der Waals surface area contributed by atoms with Gasteiger partial charge in [0, 0.05) is 25.1 Å². The summed E-state index contributed by atoms with van der Waals surface area (Å²) in [6.07, 6.45) is 5.13. The predicted molar refractivity (Wildman–Crippen MR) is 86.9 cm³/mol. The highest BCUT2D eigenvalue weighted by molar-refractivity contribution is 5.25. The zero-order chi connectivity index (χ0) is 16.7. The van der Waals surface area contributed by atoms with Crippen molar-refractivity contribution >= 4 is 0 Å². The Morgan fingerprint density at radius 1 is 1.29 bits per heavy atom. The molecule has 2 aromatic heterocycles. The summed E-state index contributed by atoms with van der Waals surface area (Å²) in [5.74, 6) is 2.10. The molecule has 2 atom stereocenters. The van der Waals surface area contributed by atoms with E-state index in [0.717, 1.165) is 56.0 Å². The zero-order valence-corrected chi connectivity index (χ0v) is 14.3. The van der Waals surface area contributed by atoms with Crippen LogP contribution in [0.1, 0.15) is 62.1 Å². The largest absolute Gasteiger partial charge is 0.370 e. The van der Waals surface area contributed by atoms with Crippen LogP contribution in [0.4, 0.5) is 0 Å². The van der Waals surface area contributed by atoms with Crippen LogP contribution in [0.2, 0.25) is 0 Å². The van der Waals surface area contributed by atoms with Crippen molar-refractivity contribution in [3.05, 3.63) is 33.3 Å². The summed E-state index contributed by atoms with van der Waals surface area (Å²) in [5, 5.41) is 8.79. The summed E-state index contributed by atoms with van der Waals surface area (Å²) in [4.78, 5) is 12.7. The van der Waals surface area contributed by atoms with Crippen molar-refractivity contribution in [2.45, 2.75) is 65.1 Å². The molecule has 4 rings (SSSR count). The SMILES string of the molecule is CCn1c([C@H]2OCC[C@H]2C)nn(Cc2noc3c2CCCC3)c1=O. The quantitative estimate of drug-likeness (QED) is 0.857. The third kappa shape index (κ3) is 2.51. The molecule has 0 spiro atoms. The Hall–Kier alpha value is -1.89. The van der Waals surface area contributed by atoms with E-state index >= 15 is 0 Å². The van der Waals surface area contributed by atoms with Gasteiger partial charge in [-0.3, -0.25) is 4.57 Å². The topological polar surface area (TPSA) is 75.1 Å². The Kier molecular flexibility index (Phi) is 4.04. The molecule has 0 unspecified atom stereocenters. The first kappa shape index (κ1) is 15.6. The van der Waals surface area contributed by atoms with Gasteiger partial charge in [0.1, 0.15) is 17.6 Å². The van der Waals surface area contributed by atoms with Gasteiger partial charge in [-0.15, -0.1) is 0 Å². The number of aryl methyl sites for hydroxylation is 1. The van der Waals surface area contributed by atoms with Gasteiger partial charge in [0.25, 0.3) is 0 Å². The van der Waals surface area contributed by atoms with E-state index in [4.69, 9.17) is 9.26 Å². The van der Waals surface area contributed by atoms with E-state index in [2.05, 4.69) is 17.2 Å². The van der Waals surface area contributed by atoms with Crippen LogP contribution in [-0.2, 0) is 30.7 Å². The highest BCUT2D eigenvalue weighted by Gasteiger charge is 2.32. The van der Waals surface area contributed by atoms with E-state index in [-0.39, 0.29) is 11.8 Å². The van der Waals surface area contributed by atoms with Crippen LogP contribution in [0.25, 0.3) is 0 Å². The van der Waals surface area contributed by atoms with Crippen molar-refractivity contribution in [1.82, 2.24) is 19.5 Å². The van der Waals surface area contributed by atoms with Crippen molar-refractivity contribution < 1.29 is 9.26 Å². The molecular formula is C17H24N4O3. The second-order valence-corrected chi connectivity index (χ2v) is 6.84. The van der Waals surface area contributed by atoms with Crippen molar-refractivity contribution in [1.29, 1.82) is 0 Å². The first-order chi connectivity index (χ1) is 11.7. The van der Waals surface area contributed by atoms with E-state index in [9.17, 15) is 4.79 Å². The average Bonchev–Trinajstić information content (AvgIpc) is 3.27. The molecule has 7 nitrogen and oxygen atoms in total. The minimum Gasteiger partial charge on any atom is -0.370 e. The molecule has 7 heteroatoms. The average molecular weight is 332 g/mol. The molecule has 1 aliphatic carbocycles. The lowest BCUT2D eigenvalue weighted by molar-refractivity contribution is 0.0836. The van der Waals surface area contributed by atoms with Crippen molar-refractivity contribution in [2.24, 2.45) is 5.92 Å². The van der Waals surface area contributed by atoms with Crippen LogP contribution in [-0.4, -0.2) is 26.1 Å². The Morgan fingerprint density at radius 2 is 2.12 bits per heavy atom. The molecule has 130 valence electrons. The van der Waals surface area contributed by atoms with Gasteiger partial charge in [0.2, 0.25) is 0 Å². The Bertz CT molecular complexity index is 788. The van der Waals surface area contributed by atoms with E-state index in [0.29, 0.717) is 19.0 Å². The van der Waals surface area contributed by atoms with Gasteiger partial charge < -0.3 is 9.26 Å². The summed E-state index contributed by atoms with van der Waals surface area (Å²) in [6, 6.07) is 0. The standard InChI is InChI=1S/C17H24N4O3/c1-3-20-16(15-11(2)8-9-23-15)18-21(17(20)22)10-13-12-6-4-5-7-14(12)24-19-13/h11,15H,3-10H2,1-2H3/t11-,15+/m1/s1. The lowest BCUT2D eigenvalue weighted by Gasteiger charge is -2.13. The summed E-state index contributed by atoms with van der Waals surface area (Å²) in [6.45, 7) is 5.81. The maximum atomic E-state index is 12.7. The van der Waals surface area contributed by atoms with Crippen LogP contribution in [0.5, 0.6) is 0 Å². The molecule has 0 radical (unpaired) electrons. The van der Waals surface area contributed by atoms with E-state index in [1.165, 1.54) is 10.2 Å². The second kappa shape index (κ2) is 6.20. The molecule has 0 N–H and O–H groups in total. The highest BCUT2D eigenvalue weighted by atomic mass is 16.5. The van der Waals surface area contributed by atoms with Gasteiger partial charge in [0.15, 0.2) is 5.82 Å². The third-order valence-electron chi connectivity index (χ3n) is 5.24. The molecule has 0 amide bonds. The molecule has 3 heterocycles. The molecule has 1 aliphatic heterocycles. The number of ether oxygens (including phenoxy) is 1. The summed E-state index contributed by atoms with van der Waals surface area (Å²) in [5.41, 5.74) is 1.92. The van der Waals surface area contributed by atoms with Crippen LogP contribution in [0.15, 0.2) is 9.32 Å². The molecule has 1 fully saturated rings. The predicted octanol–water partition coefficient (Wildman–Crippen LogP) is 2.08. The van der Waals surface area contributed by atoms with Crippen LogP contribution in [0.3, 0.4) is 0 Å². The van der Waals surface area contributed by atoms with Gasteiger partial charge in [-0.25, -0.2) is 9.48 Å². The second-order valence-electron chi connectivity index (χ2n) is 6.84. The summed E-state index contributed by atoms with van der Waals surface area (Å²) < 4.78 is 14.5. The van der Waals surface area contributed by atoms with Gasteiger partial charge in [-0.05, 0) is 38.5 Å². The van der Waals surface area contributed by atoms with Gasteiger partial charge in [-0.1, -0.05) is 12.1 Å². The number of fused-ring (bicyclic) bond motifs is 1. The summed E-state index contributed by atoms with van der Waals surface area (Å²) in [7, 11) is 0. The molecule has 1 saturated heterocycles. The van der Waals surface area contributed by atoms with Gasteiger partial charge in [-0.2, -0.15) is 5.10 Å². The fourth-order valence-electron chi connectivity index (χ4n) is 3.81. The first-order valence-electron chi connectivity index (χ1n) is 8.94. The molecule has 0 aromatic carbocycles. The zero-order valence-electron chi connectivity index (χ0n) is 14.3. The number of aromatic nitrogens is 4. The van der Waals surface area contributed by atoms with Crippen molar-refractivity contribution in [3.8, 4) is 0 Å². The molecule has 2 aliphatic rings. The third-order valence-corrected chi connectivity index (χ3v) is 5.24. The number of rotatable bonds is 4. The van der Waals surface area contributed by atoms with E-state index in [1.807, 2.05) is 6.92 Å². The number of nitrogens with zero attached hydrogens (tertiary/aromatic N) is 4. The number of hydrogen-bond acceptors (Lipinski definition) is 5. The lowest BCUT2D eigenvalue weighted by atomic mass is 9.96. The van der Waals surface area contributed by atoms with Crippen LogP contribution >= 0.6 is 0 Å². The Labute approximate surface area is 140 Å². The van der Waals surface area contributed by atoms with Crippen molar-refractivity contribution in [2.75, 3.05) is 6.61 Å². The molecular weight excluding hydrogens is 308 g/mol. The Morgan fingerprint density at radius 3 is 2.88 bits per heavy atom. The van der Waals surface area contributed by atoms with E-state index < -0.39 is 0 Å². The maximum absolute atomic E-state index is 12.7. The maximum Gasteiger partial charge on any atom is 0.346 e. The fourth-order valence-corrected chi connectivity index (χ4v) is 3.81. The minimum atomic E-state index is -0.0947. The monoisotopic (exact) mass is 332 g/mol. The van der Waals surface area contributed by atoms with Crippen LogP contribution in [0, 0.1) is 5.92 Å². The smallest absolute Gasteiger partial charge is 0.346 e.